The quantitative estimate of drug-likeness (QED) is 0.893. The summed E-state index contributed by atoms with van der Waals surface area (Å²) in [5, 5.41) is 2.53. The highest BCUT2D eigenvalue weighted by molar-refractivity contribution is 5.98. The fourth-order valence-corrected chi connectivity index (χ4v) is 1.91. The summed E-state index contributed by atoms with van der Waals surface area (Å²) < 4.78 is 12.9. The second-order valence-corrected chi connectivity index (χ2v) is 4.50. The number of nitrogens with two attached hydrogens (primary N) is 1. The van der Waals surface area contributed by atoms with Gasteiger partial charge in [-0.25, -0.2) is 4.39 Å². The van der Waals surface area contributed by atoms with E-state index in [4.69, 9.17) is 5.73 Å². The minimum atomic E-state index is -1.03. The van der Waals surface area contributed by atoms with Crippen LogP contribution >= 0.6 is 0 Å². The van der Waals surface area contributed by atoms with Crippen LogP contribution < -0.4 is 11.1 Å². The summed E-state index contributed by atoms with van der Waals surface area (Å²) in [7, 11) is 0. The monoisotopic (exact) mass is 287 g/mol. The van der Waals surface area contributed by atoms with E-state index in [9.17, 15) is 14.0 Å². The summed E-state index contributed by atoms with van der Waals surface area (Å²) in [6, 6.07) is 7.40. The number of nitrogens with one attached hydrogen (secondary N) is 1. The minimum absolute atomic E-state index is 0.353. The summed E-state index contributed by atoms with van der Waals surface area (Å²) in [5.41, 5.74) is 6.62. The summed E-state index contributed by atoms with van der Waals surface area (Å²) >= 11 is 0. The van der Waals surface area contributed by atoms with E-state index in [0.717, 1.165) is 0 Å². The highest BCUT2D eigenvalue weighted by atomic mass is 19.1. The van der Waals surface area contributed by atoms with Crippen LogP contribution in [0.15, 0.2) is 42.6 Å². The van der Waals surface area contributed by atoms with Crippen molar-refractivity contribution in [2.45, 2.75) is 13.0 Å². The van der Waals surface area contributed by atoms with Crippen molar-refractivity contribution in [3.05, 3.63) is 65.2 Å². The topological polar surface area (TPSA) is 85.1 Å². The predicted molar refractivity (Wildman–Crippen MR) is 74.8 cm³/mol. The molecule has 0 saturated heterocycles. The van der Waals surface area contributed by atoms with Crippen molar-refractivity contribution >= 4 is 11.8 Å². The fourth-order valence-electron chi connectivity index (χ4n) is 1.91. The third-order valence-electron chi connectivity index (χ3n) is 3.01. The highest BCUT2D eigenvalue weighted by Gasteiger charge is 2.21. The van der Waals surface area contributed by atoms with Crippen LogP contribution in [-0.2, 0) is 4.79 Å². The molecule has 0 aliphatic heterocycles. The van der Waals surface area contributed by atoms with Gasteiger partial charge in [0, 0.05) is 11.9 Å². The smallest absolute Gasteiger partial charge is 0.254 e. The number of amides is 2. The number of halogens is 1. The lowest BCUT2D eigenvalue weighted by atomic mass is 10.1. The molecule has 1 heterocycles. The number of aromatic nitrogens is 1. The summed E-state index contributed by atoms with van der Waals surface area (Å²) in [5.74, 6) is -1.62. The zero-order valence-electron chi connectivity index (χ0n) is 11.3. The molecule has 1 atom stereocenters. The number of primary amides is 1. The zero-order valence-corrected chi connectivity index (χ0v) is 11.3. The molecule has 0 unspecified atom stereocenters. The van der Waals surface area contributed by atoms with Crippen LogP contribution in [0.2, 0.25) is 0 Å². The molecule has 0 saturated carbocycles. The lowest BCUT2D eigenvalue weighted by Gasteiger charge is -2.16. The highest BCUT2D eigenvalue weighted by Crippen LogP contribution is 2.15. The van der Waals surface area contributed by atoms with E-state index < -0.39 is 23.7 Å². The average Bonchev–Trinajstić information content (AvgIpc) is 2.46. The van der Waals surface area contributed by atoms with Crippen molar-refractivity contribution in [1.29, 1.82) is 0 Å². The number of hydrogen-bond acceptors (Lipinski definition) is 3. The van der Waals surface area contributed by atoms with E-state index in [0.29, 0.717) is 16.8 Å². The summed E-state index contributed by atoms with van der Waals surface area (Å²) in [6.07, 6.45) is 1.57. The number of benzene rings is 1. The molecule has 6 heteroatoms. The Bertz CT molecular complexity index is 671. The molecule has 0 fully saturated rings. The first-order valence-electron chi connectivity index (χ1n) is 6.26. The van der Waals surface area contributed by atoms with Gasteiger partial charge in [-0.2, -0.15) is 0 Å². The van der Waals surface area contributed by atoms with Crippen LogP contribution in [0.4, 0.5) is 4.39 Å². The molecule has 0 spiro atoms. The normalized spacial score (nSPS) is 11.7. The van der Waals surface area contributed by atoms with Crippen molar-refractivity contribution in [3.8, 4) is 0 Å². The van der Waals surface area contributed by atoms with Crippen LogP contribution in [-0.4, -0.2) is 16.8 Å². The van der Waals surface area contributed by atoms with Gasteiger partial charge in [0.15, 0.2) is 0 Å². The number of pyridine rings is 1. The number of hydrogen-bond donors (Lipinski definition) is 2. The lowest BCUT2D eigenvalue weighted by Crippen LogP contribution is -2.37. The fraction of sp³-hybridized carbons (Fsp3) is 0.133. The van der Waals surface area contributed by atoms with Crippen molar-refractivity contribution in [3.63, 3.8) is 0 Å². The summed E-state index contributed by atoms with van der Waals surface area (Å²) in [4.78, 5) is 27.7. The molecule has 1 aromatic heterocycles. The Kier molecular flexibility index (Phi) is 4.27. The molecule has 2 aromatic rings. The molecule has 5 nitrogen and oxygen atoms in total. The van der Waals surface area contributed by atoms with E-state index in [1.54, 1.807) is 25.3 Å². The molecule has 0 aliphatic carbocycles. The van der Waals surface area contributed by atoms with Crippen LogP contribution in [0.5, 0.6) is 0 Å². The first kappa shape index (κ1) is 14.6. The number of aryl methyl sites for hydroxylation is 1. The van der Waals surface area contributed by atoms with Gasteiger partial charge < -0.3 is 11.1 Å². The first-order chi connectivity index (χ1) is 9.99. The van der Waals surface area contributed by atoms with E-state index in [1.807, 2.05) is 0 Å². The van der Waals surface area contributed by atoms with Gasteiger partial charge in [0.2, 0.25) is 5.91 Å². The number of carbonyl (C=O) groups is 2. The second kappa shape index (κ2) is 6.13. The summed E-state index contributed by atoms with van der Waals surface area (Å²) in [6.45, 7) is 1.69. The van der Waals surface area contributed by atoms with Gasteiger partial charge in [0.05, 0.1) is 5.56 Å². The van der Waals surface area contributed by atoms with E-state index in [1.165, 1.54) is 24.3 Å². The molecule has 0 bridgehead atoms. The van der Waals surface area contributed by atoms with Crippen molar-refractivity contribution in [1.82, 2.24) is 10.3 Å². The molecule has 3 N–H and O–H groups in total. The second-order valence-electron chi connectivity index (χ2n) is 4.50. The van der Waals surface area contributed by atoms with E-state index in [2.05, 4.69) is 10.3 Å². The molecule has 2 amide bonds. The molecule has 0 aliphatic rings. The standard InChI is InChI=1S/C15H14FN3O2/c1-9-12(3-2-8-18-9)15(21)19-13(14(17)20)10-4-6-11(16)7-5-10/h2-8,13H,1H3,(H2,17,20)(H,19,21)/t13-/m0/s1. The maximum Gasteiger partial charge on any atom is 0.254 e. The Labute approximate surface area is 121 Å². The average molecular weight is 287 g/mol. The number of nitrogens with zero attached hydrogens (tertiary/aromatic N) is 1. The van der Waals surface area contributed by atoms with Gasteiger partial charge in [0.1, 0.15) is 11.9 Å². The van der Waals surface area contributed by atoms with Crippen LogP contribution in [0.25, 0.3) is 0 Å². The maximum atomic E-state index is 12.9. The first-order valence-corrected chi connectivity index (χ1v) is 6.26. The van der Waals surface area contributed by atoms with Gasteiger partial charge in [-0.15, -0.1) is 0 Å². The zero-order chi connectivity index (χ0) is 15.4. The van der Waals surface area contributed by atoms with Gasteiger partial charge >= 0.3 is 0 Å². The maximum absolute atomic E-state index is 12.9. The Morgan fingerprint density at radius 1 is 1.24 bits per heavy atom. The Morgan fingerprint density at radius 2 is 1.90 bits per heavy atom. The molecule has 0 radical (unpaired) electrons. The van der Waals surface area contributed by atoms with Crippen LogP contribution in [0.3, 0.4) is 0 Å². The predicted octanol–water partition coefficient (Wildman–Crippen LogP) is 1.49. The van der Waals surface area contributed by atoms with Gasteiger partial charge in [0.25, 0.3) is 5.91 Å². The van der Waals surface area contributed by atoms with Crippen LogP contribution in [0, 0.1) is 12.7 Å². The number of rotatable bonds is 4. The SMILES string of the molecule is Cc1ncccc1C(=O)N[C@H](C(N)=O)c1ccc(F)cc1. The molecular formula is C15H14FN3O2. The third kappa shape index (κ3) is 3.42. The Morgan fingerprint density at radius 3 is 2.48 bits per heavy atom. The molecular weight excluding hydrogens is 273 g/mol. The molecule has 21 heavy (non-hydrogen) atoms. The largest absolute Gasteiger partial charge is 0.368 e. The molecule has 1 aromatic carbocycles. The number of carbonyl (C=O) groups excluding carboxylic acids is 2. The molecule has 2 rings (SSSR count). The van der Waals surface area contributed by atoms with Crippen molar-refractivity contribution in [2.75, 3.05) is 0 Å². The van der Waals surface area contributed by atoms with Crippen molar-refractivity contribution in [2.24, 2.45) is 5.73 Å². The Balaban J connectivity index is 2.25. The van der Waals surface area contributed by atoms with Gasteiger partial charge in [-0.3, -0.25) is 14.6 Å². The third-order valence-corrected chi connectivity index (χ3v) is 3.01. The molecule has 108 valence electrons. The van der Waals surface area contributed by atoms with E-state index >= 15 is 0 Å². The van der Waals surface area contributed by atoms with Crippen molar-refractivity contribution < 1.29 is 14.0 Å². The van der Waals surface area contributed by atoms with Gasteiger partial charge in [-0.05, 0) is 36.8 Å². The Hall–Kier alpha value is -2.76. The van der Waals surface area contributed by atoms with E-state index in [-0.39, 0.29) is 0 Å². The van der Waals surface area contributed by atoms with Crippen LogP contribution in [0.1, 0.15) is 27.7 Å². The minimum Gasteiger partial charge on any atom is -0.368 e. The van der Waals surface area contributed by atoms with Gasteiger partial charge in [-0.1, -0.05) is 12.1 Å². The lowest BCUT2D eigenvalue weighted by molar-refractivity contribution is -0.120.